The van der Waals surface area contributed by atoms with Crippen LogP contribution < -0.4 is 0 Å². The maximum Gasteiger partial charge on any atom is 0.0227 e. The highest BCUT2D eigenvalue weighted by atomic mass is 127. The van der Waals surface area contributed by atoms with Gasteiger partial charge in [0, 0.05) is 7.85 Å². The van der Waals surface area contributed by atoms with Gasteiger partial charge in [0.15, 0.2) is 0 Å². The smallest absolute Gasteiger partial charge is 0.0227 e. The summed E-state index contributed by atoms with van der Waals surface area (Å²) in [5.74, 6) is 0. The van der Waals surface area contributed by atoms with Crippen LogP contribution in [-0.4, -0.2) is 7.85 Å². The van der Waals surface area contributed by atoms with Gasteiger partial charge in [-0.2, -0.15) is 0 Å². The normalized spacial score (nSPS) is 15.0. The van der Waals surface area contributed by atoms with Crippen LogP contribution in [0.1, 0.15) is 71.1 Å². The Morgan fingerprint density at radius 3 is 1.88 bits per heavy atom. The van der Waals surface area contributed by atoms with Crippen molar-refractivity contribution < 1.29 is 0 Å². The molecule has 0 amide bonds. The van der Waals surface area contributed by atoms with Crippen molar-refractivity contribution >= 4 is 45.2 Å². The minimum absolute atomic E-state index is 0.857. The van der Waals surface area contributed by atoms with Gasteiger partial charge in [-0.15, -0.1) is 0 Å². The van der Waals surface area contributed by atoms with Gasteiger partial charge < -0.3 is 0 Å². The van der Waals surface area contributed by atoms with Crippen LogP contribution in [-0.2, 0) is 0 Å². The molecule has 0 heterocycles. The zero-order valence-electron chi connectivity index (χ0n) is 10.7. The lowest BCUT2D eigenvalue weighted by molar-refractivity contribution is 0.575. The maximum atomic E-state index is 3.92. The minimum atomic E-state index is 0.857. The lowest BCUT2D eigenvalue weighted by Crippen LogP contribution is -2.13. The number of hydrogen-bond donors (Lipinski definition) is 0. The Morgan fingerprint density at radius 1 is 0.812 bits per heavy atom. The largest absolute Gasteiger partial charge is 0.0815 e. The van der Waals surface area contributed by atoms with Gasteiger partial charge in [0.1, 0.15) is 0 Å². The molecule has 0 fully saturated rings. The molecule has 2 heteroatoms. The molecule has 0 bridgehead atoms. The van der Waals surface area contributed by atoms with E-state index in [-0.39, 0.29) is 0 Å². The molecule has 16 heavy (non-hydrogen) atoms. The van der Waals surface area contributed by atoms with Gasteiger partial charge in [-0.05, 0) is 12.8 Å². The summed E-state index contributed by atoms with van der Waals surface area (Å²) < 4.78 is 1.73. The van der Waals surface area contributed by atoms with Gasteiger partial charge >= 0.3 is 0 Å². The van der Waals surface area contributed by atoms with E-state index >= 15 is 0 Å². The summed E-state index contributed by atoms with van der Waals surface area (Å²) in [6.45, 7) is 6.20. The average molecular weight is 449 g/mol. The molecule has 0 aliphatic heterocycles. The fraction of sp³-hybridized carbons (Fsp3) is 0.929. The van der Waals surface area contributed by atoms with Gasteiger partial charge in [-0.3, -0.25) is 0 Å². The Morgan fingerprint density at radius 2 is 1.31 bits per heavy atom. The summed E-state index contributed by atoms with van der Waals surface area (Å²) in [5, 5.41) is 0. The Kier molecular flexibility index (Phi) is 14.1. The third-order valence-electron chi connectivity index (χ3n) is 2.96. The molecule has 0 spiro atoms. The van der Waals surface area contributed by atoms with E-state index in [9.17, 15) is 0 Å². The van der Waals surface area contributed by atoms with E-state index in [0.29, 0.717) is 0 Å². The van der Waals surface area contributed by atoms with Crippen molar-refractivity contribution in [2.24, 2.45) is 0 Å². The van der Waals surface area contributed by atoms with Crippen molar-refractivity contribution in [3.8, 4) is 0 Å². The molecule has 1 radical (unpaired) electrons. The van der Waals surface area contributed by atoms with E-state index < -0.39 is 0 Å². The zero-order valence-corrected chi connectivity index (χ0v) is 15.0. The predicted octanol–water partition coefficient (Wildman–Crippen LogP) is 6.35. The second-order valence-electron chi connectivity index (χ2n) is 4.58. The molecule has 97 valence electrons. The molecule has 0 aliphatic carbocycles. The highest BCUT2D eigenvalue weighted by Gasteiger charge is 2.14. The third-order valence-corrected chi connectivity index (χ3v) is 7.31. The lowest BCUT2D eigenvalue weighted by atomic mass is 10.1. The molecular weight excluding hydrogens is 422 g/mol. The summed E-state index contributed by atoms with van der Waals surface area (Å²) in [4.78, 5) is 0. The van der Waals surface area contributed by atoms with Crippen LogP contribution in [0.25, 0.3) is 0 Å². The van der Waals surface area contributed by atoms with Crippen molar-refractivity contribution in [3.63, 3.8) is 0 Å². The van der Waals surface area contributed by atoms with E-state index in [1.165, 1.54) is 57.8 Å². The Balaban J connectivity index is 3.31. The number of unbranched alkanes of at least 4 members (excludes halogenated alkanes) is 6. The van der Waals surface area contributed by atoms with E-state index in [0.717, 1.165) is 14.3 Å². The summed E-state index contributed by atoms with van der Waals surface area (Å²) >= 11 is 5.28. The van der Waals surface area contributed by atoms with Crippen molar-refractivity contribution in [2.45, 2.75) is 79.0 Å². The van der Waals surface area contributed by atoms with Crippen molar-refractivity contribution in [3.05, 3.63) is 6.92 Å². The van der Waals surface area contributed by atoms with Crippen LogP contribution in [0.3, 0.4) is 0 Å². The molecular formula is C14H27I2. The highest BCUT2D eigenvalue weighted by molar-refractivity contribution is 14.1. The van der Waals surface area contributed by atoms with Gasteiger partial charge in [0.2, 0.25) is 0 Å². The predicted molar refractivity (Wildman–Crippen MR) is 92.8 cm³/mol. The Bertz CT molecular complexity index is 137. The molecule has 0 aliphatic rings. The monoisotopic (exact) mass is 449 g/mol. The van der Waals surface area contributed by atoms with Gasteiger partial charge in [0.25, 0.3) is 0 Å². The number of rotatable bonds is 11. The summed E-state index contributed by atoms with van der Waals surface area (Å²) in [6, 6.07) is 0. The van der Waals surface area contributed by atoms with Crippen molar-refractivity contribution in [2.75, 3.05) is 0 Å². The Hall–Kier alpha value is 1.46. The summed E-state index contributed by atoms with van der Waals surface area (Å²) in [6.07, 6.45) is 13.7. The zero-order chi connectivity index (χ0) is 12.2. The molecule has 0 N–H and O–H groups in total. The first-order valence-corrected chi connectivity index (χ1v) is 9.28. The lowest BCUT2D eigenvalue weighted by Gasteiger charge is -2.16. The fourth-order valence-electron chi connectivity index (χ4n) is 1.82. The third kappa shape index (κ3) is 10.6. The SMILES string of the molecule is [CH2]CCCC(I)C(I)CCCCCCCC. The molecule has 0 nitrogen and oxygen atoms in total. The first-order valence-electron chi connectivity index (χ1n) is 6.79. The van der Waals surface area contributed by atoms with E-state index in [2.05, 4.69) is 59.0 Å². The second-order valence-corrected chi connectivity index (χ2v) is 7.78. The highest BCUT2D eigenvalue weighted by Crippen LogP contribution is 2.25. The van der Waals surface area contributed by atoms with Crippen molar-refractivity contribution in [1.29, 1.82) is 0 Å². The minimum Gasteiger partial charge on any atom is -0.0815 e. The quantitative estimate of drug-likeness (QED) is 0.196. The van der Waals surface area contributed by atoms with E-state index in [4.69, 9.17) is 0 Å². The van der Waals surface area contributed by atoms with E-state index in [1.807, 2.05) is 0 Å². The summed E-state index contributed by atoms with van der Waals surface area (Å²) in [7, 11) is 0. The van der Waals surface area contributed by atoms with Gasteiger partial charge in [0.05, 0.1) is 0 Å². The standard InChI is InChI=1S/C14H27I2/c1-3-5-7-8-9-10-12-14(16)13(15)11-6-4-2/h13-14H,2-12H2,1H3. The number of alkyl halides is 2. The van der Waals surface area contributed by atoms with Gasteiger partial charge in [-0.1, -0.05) is 110 Å². The average Bonchev–Trinajstić information content (AvgIpc) is 2.30. The fourth-order valence-corrected chi connectivity index (χ4v) is 3.42. The second kappa shape index (κ2) is 12.9. The topological polar surface area (TPSA) is 0 Å². The molecule has 0 saturated carbocycles. The number of halogens is 2. The molecule has 0 aromatic heterocycles. The molecule has 2 unspecified atom stereocenters. The molecule has 0 aromatic carbocycles. The van der Waals surface area contributed by atoms with E-state index in [1.54, 1.807) is 0 Å². The molecule has 2 atom stereocenters. The maximum absolute atomic E-state index is 3.92. The molecule has 0 aromatic rings. The van der Waals surface area contributed by atoms with Crippen LogP contribution in [0.5, 0.6) is 0 Å². The first-order chi connectivity index (χ1) is 7.72. The van der Waals surface area contributed by atoms with Gasteiger partial charge in [-0.25, -0.2) is 0 Å². The Labute approximate surface area is 130 Å². The van der Waals surface area contributed by atoms with Crippen LogP contribution in [0.15, 0.2) is 0 Å². The van der Waals surface area contributed by atoms with Crippen LogP contribution in [0.4, 0.5) is 0 Å². The van der Waals surface area contributed by atoms with Crippen LogP contribution in [0.2, 0.25) is 0 Å². The molecule has 0 saturated heterocycles. The summed E-state index contributed by atoms with van der Waals surface area (Å²) in [5.41, 5.74) is 0. The van der Waals surface area contributed by atoms with Crippen LogP contribution in [0, 0.1) is 6.92 Å². The number of hydrogen-bond acceptors (Lipinski definition) is 0. The van der Waals surface area contributed by atoms with Crippen LogP contribution >= 0.6 is 45.2 Å². The van der Waals surface area contributed by atoms with Crippen molar-refractivity contribution in [1.82, 2.24) is 0 Å². The first kappa shape index (κ1) is 17.5. The molecule has 0 rings (SSSR count).